The van der Waals surface area contributed by atoms with E-state index in [9.17, 15) is 4.39 Å². The molecule has 0 aromatic heterocycles. The van der Waals surface area contributed by atoms with Crippen LogP contribution < -0.4 is 5.32 Å². The summed E-state index contributed by atoms with van der Waals surface area (Å²) >= 11 is 0. The lowest BCUT2D eigenvalue weighted by Gasteiger charge is -2.26. The van der Waals surface area contributed by atoms with Gasteiger partial charge in [-0.3, -0.25) is 0 Å². The summed E-state index contributed by atoms with van der Waals surface area (Å²) in [6, 6.07) is 7.22. The van der Waals surface area contributed by atoms with E-state index in [1.807, 2.05) is 6.07 Å². The molecule has 0 aliphatic carbocycles. The fourth-order valence-corrected chi connectivity index (χ4v) is 2.98. The molecule has 1 N–H and O–H groups in total. The summed E-state index contributed by atoms with van der Waals surface area (Å²) in [5.41, 5.74) is 1.06. The molecule has 1 fully saturated rings. The highest BCUT2D eigenvalue weighted by Crippen LogP contribution is 2.17. The molecule has 20 heavy (non-hydrogen) atoms. The van der Waals surface area contributed by atoms with Crippen LogP contribution >= 0.6 is 0 Å². The van der Waals surface area contributed by atoms with Gasteiger partial charge in [0, 0.05) is 6.04 Å². The lowest BCUT2D eigenvalue weighted by atomic mass is 10.0. The molecule has 1 aliphatic heterocycles. The van der Waals surface area contributed by atoms with Crippen molar-refractivity contribution >= 4 is 0 Å². The van der Waals surface area contributed by atoms with Crippen molar-refractivity contribution in [1.29, 1.82) is 0 Å². The van der Waals surface area contributed by atoms with E-state index in [0.717, 1.165) is 18.5 Å². The molecule has 0 radical (unpaired) electrons. The molecule has 3 heteroatoms. The molecular formula is C17H27FN2. The van der Waals surface area contributed by atoms with E-state index >= 15 is 0 Å². The van der Waals surface area contributed by atoms with Crippen LogP contribution in [0.4, 0.5) is 4.39 Å². The summed E-state index contributed by atoms with van der Waals surface area (Å²) in [6.07, 6.45) is 6.27. The Morgan fingerprint density at radius 1 is 1.25 bits per heavy atom. The quantitative estimate of drug-likeness (QED) is 0.764. The van der Waals surface area contributed by atoms with E-state index in [2.05, 4.69) is 17.1 Å². The Kier molecular flexibility index (Phi) is 6.48. The van der Waals surface area contributed by atoms with Crippen molar-refractivity contribution in [1.82, 2.24) is 10.2 Å². The van der Waals surface area contributed by atoms with Crippen LogP contribution in [0.2, 0.25) is 0 Å². The number of nitrogens with zero attached hydrogens (tertiary/aromatic N) is 1. The summed E-state index contributed by atoms with van der Waals surface area (Å²) in [7, 11) is 0. The number of hydrogen-bond donors (Lipinski definition) is 1. The van der Waals surface area contributed by atoms with E-state index in [0.29, 0.717) is 0 Å². The van der Waals surface area contributed by atoms with Gasteiger partial charge in [-0.05, 0) is 69.6 Å². The summed E-state index contributed by atoms with van der Waals surface area (Å²) in [5, 5.41) is 3.56. The van der Waals surface area contributed by atoms with Crippen LogP contribution in [0.1, 0.15) is 50.6 Å². The first-order valence-corrected chi connectivity index (χ1v) is 8.01. The number of piperidine rings is 1. The second-order valence-electron chi connectivity index (χ2n) is 5.73. The molecule has 0 bridgehead atoms. The third kappa shape index (κ3) is 4.88. The van der Waals surface area contributed by atoms with Crippen molar-refractivity contribution in [3.8, 4) is 0 Å². The first-order chi connectivity index (χ1) is 9.79. The van der Waals surface area contributed by atoms with Crippen molar-refractivity contribution in [2.45, 2.75) is 45.1 Å². The zero-order chi connectivity index (χ0) is 14.2. The van der Waals surface area contributed by atoms with Gasteiger partial charge >= 0.3 is 0 Å². The SMILES string of the molecule is CCC(NCCCN1CCCCC1)c1cccc(F)c1. The normalized spacial score (nSPS) is 18.1. The number of likely N-dealkylation sites (tertiary alicyclic amines) is 1. The van der Waals surface area contributed by atoms with E-state index in [1.54, 1.807) is 12.1 Å². The molecule has 0 spiro atoms. The molecule has 1 aromatic carbocycles. The highest BCUT2D eigenvalue weighted by atomic mass is 19.1. The number of hydrogen-bond acceptors (Lipinski definition) is 2. The lowest BCUT2D eigenvalue weighted by Crippen LogP contribution is -2.32. The first kappa shape index (κ1) is 15.5. The molecule has 1 heterocycles. The summed E-state index contributed by atoms with van der Waals surface area (Å²) in [6.45, 7) is 6.87. The van der Waals surface area contributed by atoms with Gasteiger partial charge in [-0.15, -0.1) is 0 Å². The van der Waals surface area contributed by atoms with E-state index in [-0.39, 0.29) is 11.9 Å². The van der Waals surface area contributed by atoms with Crippen LogP contribution in [-0.2, 0) is 0 Å². The van der Waals surface area contributed by atoms with Crippen LogP contribution in [0.15, 0.2) is 24.3 Å². The molecule has 1 saturated heterocycles. The monoisotopic (exact) mass is 278 g/mol. The van der Waals surface area contributed by atoms with Gasteiger partial charge in [0.15, 0.2) is 0 Å². The molecule has 2 nitrogen and oxygen atoms in total. The third-order valence-corrected chi connectivity index (χ3v) is 4.15. The highest BCUT2D eigenvalue weighted by Gasteiger charge is 2.11. The van der Waals surface area contributed by atoms with Gasteiger partial charge in [-0.2, -0.15) is 0 Å². The second-order valence-corrected chi connectivity index (χ2v) is 5.73. The third-order valence-electron chi connectivity index (χ3n) is 4.15. The van der Waals surface area contributed by atoms with Crippen LogP contribution in [-0.4, -0.2) is 31.1 Å². The predicted octanol–water partition coefficient (Wildman–Crippen LogP) is 3.74. The van der Waals surface area contributed by atoms with Gasteiger partial charge in [-0.25, -0.2) is 4.39 Å². The van der Waals surface area contributed by atoms with Gasteiger partial charge in [0.1, 0.15) is 5.82 Å². The van der Waals surface area contributed by atoms with Crippen molar-refractivity contribution in [2.75, 3.05) is 26.2 Å². The molecule has 0 saturated carbocycles. The van der Waals surface area contributed by atoms with Gasteiger partial charge in [0.2, 0.25) is 0 Å². The predicted molar refractivity (Wildman–Crippen MR) is 82.3 cm³/mol. The first-order valence-electron chi connectivity index (χ1n) is 8.01. The van der Waals surface area contributed by atoms with Gasteiger partial charge < -0.3 is 10.2 Å². The minimum atomic E-state index is -0.143. The maximum atomic E-state index is 13.3. The smallest absolute Gasteiger partial charge is 0.123 e. The highest BCUT2D eigenvalue weighted by molar-refractivity contribution is 5.19. The molecular weight excluding hydrogens is 251 g/mol. The maximum absolute atomic E-state index is 13.3. The largest absolute Gasteiger partial charge is 0.310 e. The Morgan fingerprint density at radius 2 is 2.05 bits per heavy atom. The molecule has 1 aliphatic rings. The Balaban J connectivity index is 1.71. The Bertz CT molecular complexity index is 388. The Morgan fingerprint density at radius 3 is 2.75 bits per heavy atom. The fraction of sp³-hybridized carbons (Fsp3) is 0.647. The van der Waals surface area contributed by atoms with Crippen LogP contribution in [0.3, 0.4) is 0 Å². The van der Waals surface area contributed by atoms with Gasteiger partial charge in [0.05, 0.1) is 0 Å². The molecule has 0 amide bonds. The number of nitrogens with one attached hydrogen (secondary N) is 1. The maximum Gasteiger partial charge on any atom is 0.123 e. The number of benzene rings is 1. The van der Waals surface area contributed by atoms with Gasteiger partial charge in [0.25, 0.3) is 0 Å². The second kappa shape index (κ2) is 8.38. The van der Waals surface area contributed by atoms with Crippen molar-refractivity contribution < 1.29 is 4.39 Å². The average molecular weight is 278 g/mol. The average Bonchev–Trinajstić information content (AvgIpc) is 2.48. The topological polar surface area (TPSA) is 15.3 Å². The molecule has 1 unspecified atom stereocenters. The van der Waals surface area contributed by atoms with E-state index < -0.39 is 0 Å². The van der Waals surface area contributed by atoms with Crippen molar-refractivity contribution in [3.05, 3.63) is 35.6 Å². The molecule has 2 rings (SSSR count). The summed E-state index contributed by atoms with van der Waals surface area (Å²) in [4.78, 5) is 2.56. The van der Waals surface area contributed by atoms with Gasteiger partial charge in [-0.1, -0.05) is 25.5 Å². The summed E-state index contributed by atoms with van der Waals surface area (Å²) < 4.78 is 13.3. The molecule has 1 aromatic rings. The Hall–Kier alpha value is -0.930. The standard InChI is InChI=1S/C17H27FN2/c1-2-17(15-8-6-9-16(18)14-15)19-10-7-13-20-11-4-3-5-12-20/h6,8-9,14,17,19H,2-5,7,10-13H2,1H3. The molecule has 1 atom stereocenters. The lowest BCUT2D eigenvalue weighted by molar-refractivity contribution is 0.224. The Labute approximate surface area is 122 Å². The number of halogens is 1. The minimum Gasteiger partial charge on any atom is -0.310 e. The van der Waals surface area contributed by atoms with Crippen LogP contribution in [0.5, 0.6) is 0 Å². The molecule has 112 valence electrons. The zero-order valence-corrected chi connectivity index (χ0v) is 12.6. The van der Waals surface area contributed by atoms with Crippen LogP contribution in [0.25, 0.3) is 0 Å². The van der Waals surface area contributed by atoms with E-state index in [4.69, 9.17) is 0 Å². The summed E-state index contributed by atoms with van der Waals surface area (Å²) in [5.74, 6) is -0.143. The number of rotatable bonds is 7. The fourth-order valence-electron chi connectivity index (χ4n) is 2.98. The van der Waals surface area contributed by atoms with Crippen molar-refractivity contribution in [3.63, 3.8) is 0 Å². The zero-order valence-electron chi connectivity index (χ0n) is 12.6. The van der Waals surface area contributed by atoms with Crippen LogP contribution in [0, 0.1) is 5.82 Å². The van der Waals surface area contributed by atoms with Crippen molar-refractivity contribution in [2.24, 2.45) is 0 Å². The van der Waals surface area contributed by atoms with E-state index in [1.165, 1.54) is 51.4 Å². The minimum absolute atomic E-state index is 0.143.